The largest absolute Gasteiger partial charge is 0.348 e. The minimum Gasteiger partial charge on any atom is -0.348 e. The molecule has 0 fully saturated rings. The highest BCUT2D eigenvalue weighted by molar-refractivity contribution is 6.30. The summed E-state index contributed by atoms with van der Waals surface area (Å²) in [6, 6.07) is 7.67. The van der Waals surface area contributed by atoms with E-state index >= 15 is 0 Å². The van der Waals surface area contributed by atoms with Crippen molar-refractivity contribution < 1.29 is 4.79 Å². The number of hydrogen-bond acceptors (Lipinski definition) is 2. The number of likely N-dealkylation sites (N-methyl/N-ethyl adjacent to an activating group) is 1. The first-order valence-electron chi connectivity index (χ1n) is 6.51. The lowest BCUT2D eigenvalue weighted by Crippen LogP contribution is -2.36. The molecular formula is C15H24Cl2N2O. The van der Waals surface area contributed by atoms with Crippen molar-refractivity contribution in [2.24, 2.45) is 5.41 Å². The second kappa shape index (κ2) is 8.50. The molecular weight excluding hydrogens is 295 g/mol. The molecule has 0 aliphatic carbocycles. The molecule has 5 heteroatoms. The van der Waals surface area contributed by atoms with E-state index in [2.05, 4.69) is 31.4 Å². The Hall–Kier alpha value is -0.770. The molecule has 0 bridgehead atoms. The van der Waals surface area contributed by atoms with Crippen LogP contribution in [0, 0.1) is 5.41 Å². The maximum absolute atomic E-state index is 11.8. The molecule has 2 N–H and O–H groups in total. The van der Waals surface area contributed by atoms with Gasteiger partial charge in [0, 0.05) is 5.02 Å². The normalized spacial score (nSPS) is 12.4. The van der Waals surface area contributed by atoms with Crippen LogP contribution in [-0.4, -0.2) is 19.5 Å². The van der Waals surface area contributed by atoms with Gasteiger partial charge in [-0.2, -0.15) is 0 Å². The molecule has 0 aliphatic heterocycles. The van der Waals surface area contributed by atoms with Crippen molar-refractivity contribution in [2.75, 3.05) is 13.6 Å². The van der Waals surface area contributed by atoms with Gasteiger partial charge in [-0.1, -0.05) is 44.5 Å². The van der Waals surface area contributed by atoms with Crippen LogP contribution in [0.5, 0.6) is 0 Å². The fourth-order valence-electron chi connectivity index (χ4n) is 1.97. The highest BCUT2D eigenvalue weighted by Gasteiger charge is 2.21. The molecule has 0 spiro atoms. The van der Waals surface area contributed by atoms with Crippen molar-refractivity contribution in [1.82, 2.24) is 10.6 Å². The molecule has 1 unspecified atom stereocenters. The van der Waals surface area contributed by atoms with Crippen LogP contribution >= 0.6 is 24.0 Å². The fourth-order valence-corrected chi connectivity index (χ4v) is 2.09. The van der Waals surface area contributed by atoms with Crippen molar-refractivity contribution in [3.63, 3.8) is 0 Å². The summed E-state index contributed by atoms with van der Waals surface area (Å²) in [5.74, 6) is 0.00620. The lowest BCUT2D eigenvalue weighted by atomic mass is 9.85. The van der Waals surface area contributed by atoms with Gasteiger partial charge in [-0.3, -0.25) is 4.79 Å². The van der Waals surface area contributed by atoms with E-state index in [-0.39, 0.29) is 29.8 Å². The minimum atomic E-state index is 0. The zero-order valence-corrected chi connectivity index (χ0v) is 14.1. The van der Waals surface area contributed by atoms with E-state index in [1.165, 1.54) is 0 Å². The average Bonchev–Trinajstić information content (AvgIpc) is 2.27. The Morgan fingerprint density at radius 3 is 2.25 bits per heavy atom. The first kappa shape index (κ1) is 19.2. The van der Waals surface area contributed by atoms with Crippen molar-refractivity contribution in [3.8, 4) is 0 Å². The average molecular weight is 319 g/mol. The van der Waals surface area contributed by atoms with Crippen LogP contribution in [0.1, 0.15) is 38.8 Å². The standard InChI is InChI=1S/C15H23ClN2O.ClH/c1-15(2,3)9-13(18-14(19)10-17-4)11-5-7-12(16)8-6-11;/h5-8,13,17H,9-10H2,1-4H3,(H,18,19);1H. The Morgan fingerprint density at radius 2 is 1.80 bits per heavy atom. The zero-order chi connectivity index (χ0) is 14.5. The third-order valence-electron chi connectivity index (χ3n) is 2.76. The van der Waals surface area contributed by atoms with Gasteiger partial charge in [0.25, 0.3) is 0 Å². The van der Waals surface area contributed by atoms with Gasteiger partial charge in [0.1, 0.15) is 0 Å². The smallest absolute Gasteiger partial charge is 0.234 e. The van der Waals surface area contributed by atoms with Gasteiger partial charge in [-0.15, -0.1) is 12.4 Å². The van der Waals surface area contributed by atoms with Crippen molar-refractivity contribution >= 4 is 29.9 Å². The number of nitrogens with one attached hydrogen (secondary N) is 2. The first-order valence-corrected chi connectivity index (χ1v) is 6.89. The Kier molecular flexibility index (Phi) is 8.17. The maximum Gasteiger partial charge on any atom is 0.234 e. The molecule has 0 saturated heterocycles. The molecule has 0 heterocycles. The molecule has 0 saturated carbocycles. The summed E-state index contributed by atoms with van der Waals surface area (Å²) >= 11 is 5.91. The molecule has 1 aromatic rings. The Bertz CT molecular complexity index is 413. The number of halogens is 2. The SMILES string of the molecule is CNCC(=O)NC(CC(C)(C)C)c1ccc(Cl)cc1.Cl. The van der Waals surface area contributed by atoms with Crippen molar-refractivity contribution in [1.29, 1.82) is 0 Å². The quantitative estimate of drug-likeness (QED) is 0.871. The van der Waals surface area contributed by atoms with Gasteiger partial charge in [0.05, 0.1) is 12.6 Å². The van der Waals surface area contributed by atoms with Crippen LogP contribution in [0.3, 0.4) is 0 Å². The van der Waals surface area contributed by atoms with Gasteiger partial charge in [-0.25, -0.2) is 0 Å². The van der Waals surface area contributed by atoms with Gasteiger partial charge < -0.3 is 10.6 Å². The van der Waals surface area contributed by atoms with Crippen LogP contribution in [0.15, 0.2) is 24.3 Å². The van der Waals surface area contributed by atoms with E-state index in [4.69, 9.17) is 11.6 Å². The summed E-state index contributed by atoms with van der Waals surface area (Å²) in [5, 5.41) is 6.64. The number of hydrogen-bond donors (Lipinski definition) is 2. The third kappa shape index (κ3) is 7.13. The molecule has 20 heavy (non-hydrogen) atoms. The molecule has 1 aromatic carbocycles. The Balaban J connectivity index is 0.00000361. The van der Waals surface area contributed by atoms with Crippen LogP contribution in [-0.2, 0) is 4.79 Å². The molecule has 0 aliphatic rings. The predicted molar refractivity (Wildman–Crippen MR) is 87.6 cm³/mol. The second-order valence-corrected chi connectivity index (χ2v) is 6.40. The van der Waals surface area contributed by atoms with Gasteiger partial charge >= 0.3 is 0 Å². The van der Waals surface area contributed by atoms with E-state index in [1.54, 1.807) is 7.05 Å². The summed E-state index contributed by atoms with van der Waals surface area (Å²) in [5.41, 5.74) is 1.22. The van der Waals surface area contributed by atoms with E-state index < -0.39 is 0 Å². The van der Waals surface area contributed by atoms with E-state index in [9.17, 15) is 4.79 Å². The number of benzene rings is 1. The fraction of sp³-hybridized carbons (Fsp3) is 0.533. The van der Waals surface area contributed by atoms with E-state index in [1.807, 2.05) is 24.3 Å². The van der Waals surface area contributed by atoms with Crippen molar-refractivity contribution in [2.45, 2.75) is 33.2 Å². The number of carbonyl (C=O) groups excluding carboxylic acids is 1. The van der Waals surface area contributed by atoms with Crippen LogP contribution < -0.4 is 10.6 Å². The van der Waals surface area contributed by atoms with Crippen LogP contribution in [0.4, 0.5) is 0 Å². The number of amides is 1. The first-order chi connectivity index (χ1) is 8.81. The summed E-state index contributed by atoms with van der Waals surface area (Å²) < 4.78 is 0. The molecule has 1 rings (SSSR count). The lowest BCUT2D eigenvalue weighted by molar-refractivity contribution is -0.121. The molecule has 0 radical (unpaired) electrons. The summed E-state index contributed by atoms with van der Waals surface area (Å²) in [6.45, 7) is 6.83. The number of rotatable bonds is 5. The third-order valence-corrected chi connectivity index (χ3v) is 3.01. The van der Waals surface area contributed by atoms with Crippen molar-refractivity contribution in [3.05, 3.63) is 34.9 Å². The topological polar surface area (TPSA) is 41.1 Å². The summed E-state index contributed by atoms with van der Waals surface area (Å²) in [4.78, 5) is 11.8. The van der Waals surface area contributed by atoms with E-state index in [0.29, 0.717) is 11.6 Å². The number of carbonyl (C=O) groups is 1. The molecule has 0 aromatic heterocycles. The Morgan fingerprint density at radius 1 is 1.25 bits per heavy atom. The highest BCUT2D eigenvalue weighted by Crippen LogP contribution is 2.29. The van der Waals surface area contributed by atoms with Crippen LogP contribution in [0.2, 0.25) is 5.02 Å². The van der Waals surface area contributed by atoms with E-state index in [0.717, 1.165) is 12.0 Å². The zero-order valence-electron chi connectivity index (χ0n) is 12.5. The predicted octanol–water partition coefficient (Wildman–Crippen LogP) is 3.57. The summed E-state index contributed by atoms with van der Waals surface area (Å²) in [6.07, 6.45) is 0.879. The molecule has 1 amide bonds. The Labute approximate surface area is 132 Å². The molecule has 1 atom stereocenters. The monoisotopic (exact) mass is 318 g/mol. The van der Waals surface area contributed by atoms with Crippen LogP contribution in [0.25, 0.3) is 0 Å². The van der Waals surface area contributed by atoms with Gasteiger partial charge in [0.2, 0.25) is 5.91 Å². The molecule has 114 valence electrons. The second-order valence-electron chi connectivity index (χ2n) is 5.97. The highest BCUT2D eigenvalue weighted by atomic mass is 35.5. The van der Waals surface area contributed by atoms with Gasteiger partial charge in [0.15, 0.2) is 0 Å². The van der Waals surface area contributed by atoms with Gasteiger partial charge in [-0.05, 0) is 36.6 Å². The molecule has 3 nitrogen and oxygen atoms in total. The lowest BCUT2D eigenvalue weighted by Gasteiger charge is -2.27. The summed E-state index contributed by atoms with van der Waals surface area (Å²) in [7, 11) is 1.76. The maximum atomic E-state index is 11.8. The minimum absolute atomic E-state index is 0.